The number of carbonyl (C=O) groups is 2. The molecular weight excluding hydrogens is 527 g/mol. The molecule has 3 aromatic rings. The molecule has 1 fully saturated rings. The van der Waals surface area contributed by atoms with Crippen molar-refractivity contribution in [3.05, 3.63) is 72.1 Å². The number of ether oxygens (including phenoxy) is 2. The molecule has 1 aliphatic rings. The van der Waals surface area contributed by atoms with Gasteiger partial charge in [-0.3, -0.25) is 9.78 Å². The van der Waals surface area contributed by atoms with E-state index in [1.54, 1.807) is 17.7 Å². The first-order valence-electron chi connectivity index (χ1n) is 13.0. The Balaban J connectivity index is 1.23. The monoisotopic (exact) mass is 559 g/mol. The number of alkyl carbamates (subject to hydrolysis) is 1. The Bertz CT molecular complexity index is 1290. The first kappa shape index (κ1) is 29.2. The highest BCUT2D eigenvalue weighted by Crippen LogP contribution is 2.21. The molecule has 0 radical (unpaired) electrons. The molecule has 9 nitrogen and oxygen atoms in total. The first-order valence-corrected chi connectivity index (χ1v) is 13.0. The smallest absolute Gasteiger partial charge is 0.407 e. The number of nitrogens with one attached hydrogen (secondary N) is 3. The van der Waals surface area contributed by atoms with Crippen LogP contribution in [0.1, 0.15) is 17.5 Å². The van der Waals surface area contributed by atoms with E-state index in [0.717, 1.165) is 21.9 Å². The molecule has 0 bridgehead atoms. The van der Waals surface area contributed by atoms with Crippen LogP contribution in [-0.2, 0) is 27.1 Å². The van der Waals surface area contributed by atoms with E-state index in [1.807, 2.05) is 48.5 Å². The molecule has 1 aliphatic heterocycles. The fraction of sp³-hybridized carbons (Fsp3) is 0.393. The molecule has 0 saturated carbocycles. The third-order valence-corrected chi connectivity index (χ3v) is 6.58. The predicted molar refractivity (Wildman–Crippen MR) is 144 cm³/mol. The molecule has 2 heterocycles. The van der Waals surface area contributed by atoms with Gasteiger partial charge in [-0.25, -0.2) is 4.79 Å². The van der Waals surface area contributed by atoms with Crippen molar-refractivity contribution in [1.29, 1.82) is 0 Å². The number of alkyl halides is 3. The molecule has 214 valence electrons. The number of pyridine rings is 1. The number of nitrogens with two attached hydrogens (primary N) is 1. The van der Waals surface area contributed by atoms with Crippen LogP contribution in [0.3, 0.4) is 0 Å². The minimum Gasteiger partial charge on any atom is -0.448 e. The van der Waals surface area contributed by atoms with Crippen LogP contribution in [-0.4, -0.2) is 67.7 Å². The van der Waals surface area contributed by atoms with E-state index in [2.05, 4.69) is 15.6 Å². The molecule has 0 spiro atoms. The number of anilines is 1. The van der Waals surface area contributed by atoms with Gasteiger partial charge in [-0.1, -0.05) is 42.5 Å². The summed E-state index contributed by atoms with van der Waals surface area (Å²) in [6.45, 7) is -0.854. The number of morpholine rings is 1. The third kappa shape index (κ3) is 8.63. The van der Waals surface area contributed by atoms with E-state index < -0.39 is 24.9 Å². The minimum absolute atomic E-state index is 0.115. The highest BCUT2D eigenvalue weighted by Gasteiger charge is 2.28. The number of carbonyl (C=O) groups excluding carboxylic acids is 2. The Labute approximate surface area is 229 Å². The van der Waals surface area contributed by atoms with Gasteiger partial charge >= 0.3 is 12.3 Å². The van der Waals surface area contributed by atoms with Gasteiger partial charge in [-0.05, 0) is 47.2 Å². The summed E-state index contributed by atoms with van der Waals surface area (Å²) in [5, 5.41) is 9.90. The minimum atomic E-state index is -4.50. The molecule has 0 aliphatic carbocycles. The number of aromatic nitrogens is 1. The van der Waals surface area contributed by atoms with Crippen LogP contribution in [0.15, 0.2) is 60.9 Å². The zero-order chi connectivity index (χ0) is 28.5. The number of hydrogen-bond acceptors (Lipinski definition) is 7. The van der Waals surface area contributed by atoms with E-state index in [0.29, 0.717) is 31.5 Å². The lowest BCUT2D eigenvalue weighted by Crippen LogP contribution is -2.49. The van der Waals surface area contributed by atoms with Gasteiger partial charge in [0, 0.05) is 12.7 Å². The van der Waals surface area contributed by atoms with Gasteiger partial charge in [-0.15, -0.1) is 0 Å². The summed E-state index contributed by atoms with van der Waals surface area (Å²) in [4.78, 5) is 28.5. The largest absolute Gasteiger partial charge is 0.448 e. The Kier molecular flexibility index (Phi) is 9.91. The first-order chi connectivity index (χ1) is 19.2. The lowest BCUT2D eigenvalue weighted by Gasteiger charge is -2.30. The zero-order valence-electron chi connectivity index (χ0n) is 21.7. The SMILES string of the molecule is N[C@@H](Cc1cccc2ccccc12)C(=O)Nc1cnccc1CC[C@@H]1CN[C@H](COC(=O)NCC(F)(F)F)CO1. The number of benzene rings is 2. The Morgan fingerprint density at radius 2 is 1.95 bits per heavy atom. The summed E-state index contributed by atoms with van der Waals surface area (Å²) in [5.41, 5.74) is 8.74. The number of hydrogen-bond donors (Lipinski definition) is 4. The van der Waals surface area contributed by atoms with Gasteiger partial charge in [0.1, 0.15) is 13.2 Å². The number of halogens is 3. The van der Waals surface area contributed by atoms with E-state index in [9.17, 15) is 22.8 Å². The van der Waals surface area contributed by atoms with Gasteiger partial charge in [0.25, 0.3) is 0 Å². The summed E-state index contributed by atoms with van der Waals surface area (Å²) >= 11 is 0. The van der Waals surface area contributed by atoms with Gasteiger partial charge in [-0.2, -0.15) is 13.2 Å². The van der Waals surface area contributed by atoms with E-state index in [4.69, 9.17) is 15.2 Å². The molecule has 1 aromatic heterocycles. The molecule has 2 aromatic carbocycles. The van der Waals surface area contributed by atoms with E-state index >= 15 is 0 Å². The van der Waals surface area contributed by atoms with Gasteiger partial charge < -0.3 is 31.2 Å². The summed E-state index contributed by atoms with van der Waals surface area (Å²) in [7, 11) is 0. The average molecular weight is 560 g/mol. The number of rotatable bonds is 10. The van der Waals surface area contributed by atoms with E-state index in [-0.39, 0.29) is 31.3 Å². The molecule has 0 unspecified atom stereocenters. The molecule has 4 rings (SSSR count). The average Bonchev–Trinajstić information content (AvgIpc) is 2.95. The highest BCUT2D eigenvalue weighted by molar-refractivity contribution is 5.96. The topological polar surface area (TPSA) is 128 Å². The molecule has 1 saturated heterocycles. The molecule has 2 amide bonds. The number of nitrogens with zero attached hydrogens (tertiary/aromatic N) is 1. The van der Waals surface area contributed by atoms with E-state index in [1.165, 1.54) is 0 Å². The number of aryl methyl sites for hydroxylation is 1. The van der Waals surface area contributed by atoms with Crippen LogP contribution < -0.4 is 21.7 Å². The van der Waals surface area contributed by atoms with Crippen LogP contribution in [0.25, 0.3) is 10.8 Å². The highest BCUT2D eigenvalue weighted by atomic mass is 19.4. The van der Waals surface area contributed by atoms with Gasteiger partial charge in [0.05, 0.1) is 36.7 Å². The van der Waals surface area contributed by atoms with Crippen LogP contribution in [0.4, 0.5) is 23.7 Å². The van der Waals surface area contributed by atoms with Crippen molar-refractivity contribution in [1.82, 2.24) is 15.6 Å². The zero-order valence-corrected chi connectivity index (χ0v) is 21.7. The lowest BCUT2D eigenvalue weighted by atomic mass is 9.98. The van der Waals surface area contributed by atoms with Crippen molar-refractivity contribution in [3.63, 3.8) is 0 Å². The maximum Gasteiger partial charge on any atom is 0.407 e. The summed E-state index contributed by atoms with van der Waals surface area (Å²) in [6.07, 6.45) is -0.900. The van der Waals surface area contributed by atoms with Crippen LogP contribution in [0.5, 0.6) is 0 Å². The third-order valence-electron chi connectivity index (χ3n) is 6.58. The van der Waals surface area contributed by atoms with Crippen molar-refractivity contribution < 1.29 is 32.2 Å². The van der Waals surface area contributed by atoms with Gasteiger partial charge in [0.2, 0.25) is 5.91 Å². The summed E-state index contributed by atoms with van der Waals surface area (Å²) in [5.74, 6) is -0.306. The van der Waals surface area contributed by atoms with Crippen molar-refractivity contribution in [3.8, 4) is 0 Å². The second-order valence-electron chi connectivity index (χ2n) is 9.64. The summed E-state index contributed by atoms with van der Waals surface area (Å²) in [6, 6.07) is 14.7. The molecule has 40 heavy (non-hydrogen) atoms. The maximum absolute atomic E-state index is 13.0. The van der Waals surface area contributed by atoms with Crippen molar-refractivity contribution >= 4 is 28.5 Å². The second-order valence-corrected chi connectivity index (χ2v) is 9.64. The van der Waals surface area contributed by atoms with Crippen LogP contribution >= 0.6 is 0 Å². The quantitative estimate of drug-likeness (QED) is 0.300. The molecule has 5 N–H and O–H groups in total. The maximum atomic E-state index is 13.0. The van der Waals surface area contributed by atoms with Crippen LogP contribution in [0.2, 0.25) is 0 Å². The lowest BCUT2D eigenvalue weighted by molar-refractivity contribution is -0.124. The number of amides is 2. The van der Waals surface area contributed by atoms with Crippen molar-refractivity contribution in [2.75, 3.05) is 31.6 Å². The van der Waals surface area contributed by atoms with Crippen molar-refractivity contribution in [2.45, 2.75) is 43.6 Å². The van der Waals surface area contributed by atoms with Gasteiger partial charge in [0.15, 0.2) is 0 Å². The normalized spacial score (nSPS) is 18.2. The second kappa shape index (κ2) is 13.6. The molecular formula is C28H32F3N5O4. The Hall–Kier alpha value is -3.74. The standard InChI is InChI=1S/C28H32F3N5O4/c29-28(30,31)17-35-27(38)40-16-21-15-39-22(13-34-21)9-8-19-10-11-33-14-25(19)36-26(37)24(32)12-20-6-3-5-18-4-1-2-7-23(18)20/h1-7,10-11,14,21-22,24,34H,8-9,12-13,15-17,32H2,(H,35,38)(H,36,37)/t21-,22+,24-/m0/s1. The molecule has 12 heteroatoms. The Morgan fingerprint density at radius 3 is 2.73 bits per heavy atom. The predicted octanol–water partition coefficient (Wildman–Crippen LogP) is 3.32. The van der Waals surface area contributed by atoms with Crippen molar-refractivity contribution in [2.24, 2.45) is 5.73 Å². The molecule has 3 atom stereocenters. The van der Waals surface area contributed by atoms with Crippen LogP contribution in [0, 0.1) is 0 Å². The fourth-order valence-electron chi connectivity index (χ4n) is 4.46. The Morgan fingerprint density at radius 1 is 1.15 bits per heavy atom. The number of fused-ring (bicyclic) bond motifs is 1. The fourth-order valence-corrected chi connectivity index (χ4v) is 4.46. The summed E-state index contributed by atoms with van der Waals surface area (Å²) < 4.78 is 47.2.